The quantitative estimate of drug-likeness (QED) is 0.234. The summed E-state index contributed by atoms with van der Waals surface area (Å²) in [5, 5.41) is 0. The fourth-order valence-electron chi connectivity index (χ4n) is 4.64. The van der Waals surface area contributed by atoms with Crippen LogP contribution in [-0.4, -0.2) is 54.5 Å². The summed E-state index contributed by atoms with van der Waals surface area (Å²) in [7, 11) is 0. The first-order valence-corrected chi connectivity index (χ1v) is 13.3. The van der Waals surface area contributed by atoms with Crippen molar-refractivity contribution in [2.45, 2.75) is 48.5 Å². The average Bonchev–Trinajstić information content (AvgIpc) is 2.90. The van der Waals surface area contributed by atoms with E-state index in [1.165, 1.54) is 33.8 Å². The van der Waals surface area contributed by atoms with Crippen LogP contribution in [0.4, 0.5) is 5.69 Å². The van der Waals surface area contributed by atoms with Crippen molar-refractivity contribution in [3.8, 4) is 0 Å². The molecule has 3 nitrogen and oxygen atoms in total. The summed E-state index contributed by atoms with van der Waals surface area (Å²) in [5.41, 5.74) is 8.31. The molecule has 0 atom stereocenters. The third-order valence-electron chi connectivity index (χ3n) is 6.77. The zero-order chi connectivity index (χ0) is 25.8. The summed E-state index contributed by atoms with van der Waals surface area (Å²) >= 11 is 0. The number of anilines is 1. The maximum atomic E-state index is 4.51. The van der Waals surface area contributed by atoms with Gasteiger partial charge in [0.2, 0.25) is 0 Å². The van der Waals surface area contributed by atoms with Crippen LogP contribution >= 0.6 is 0 Å². The second-order valence-corrected chi connectivity index (χ2v) is 8.56. The van der Waals surface area contributed by atoms with Crippen LogP contribution in [0.25, 0.3) is 5.57 Å². The van der Waals surface area contributed by atoms with Crippen LogP contribution in [0.3, 0.4) is 0 Å². The monoisotopic (exact) mass is 472 g/mol. The smallest absolute Gasteiger partial charge is 0.199 e. The van der Waals surface area contributed by atoms with Gasteiger partial charge in [-0.15, -0.1) is 0 Å². The van der Waals surface area contributed by atoms with E-state index >= 15 is 0 Å². The van der Waals surface area contributed by atoms with Crippen molar-refractivity contribution < 1.29 is 4.58 Å². The Balaban J connectivity index is 2.54. The summed E-state index contributed by atoms with van der Waals surface area (Å²) in [6.07, 6.45) is 15.5. The van der Waals surface area contributed by atoms with E-state index < -0.39 is 0 Å². The van der Waals surface area contributed by atoms with Crippen molar-refractivity contribution in [2.75, 3.05) is 44.2 Å². The van der Waals surface area contributed by atoms with E-state index in [0.29, 0.717) is 0 Å². The Morgan fingerprint density at radius 2 is 1.37 bits per heavy atom. The third-order valence-corrected chi connectivity index (χ3v) is 6.77. The Bertz CT molecular complexity index is 997. The predicted octanol–water partition coefficient (Wildman–Crippen LogP) is 7.26. The molecule has 1 aromatic carbocycles. The maximum absolute atomic E-state index is 4.51. The van der Waals surface area contributed by atoms with E-state index in [-0.39, 0.29) is 0 Å². The van der Waals surface area contributed by atoms with E-state index in [0.717, 1.165) is 44.8 Å². The van der Waals surface area contributed by atoms with E-state index in [2.05, 4.69) is 136 Å². The van der Waals surface area contributed by atoms with Crippen molar-refractivity contribution in [2.24, 2.45) is 0 Å². The molecule has 0 heterocycles. The summed E-state index contributed by atoms with van der Waals surface area (Å²) in [6.45, 7) is 25.8. The molecular formula is C32H46N3+. The van der Waals surface area contributed by atoms with Gasteiger partial charge in [0.25, 0.3) is 0 Å². The molecule has 0 unspecified atom stereocenters. The van der Waals surface area contributed by atoms with Crippen molar-refractivity contribution in [3.05, 3.63) is 95.8 Å². The predicted molar refractivity (Wildman–Crippen MR) is 157 cm³/mol. The molecule has 1 aliphatic rings. The maximum Gasteiger partial charge on any atom is 0.199 e. The number of hydrogen-bond donors (Lipinski definition) is 0. The van der Waals surface area contributed by atoms with Gasteiger partial charge in [0.15, 0.2) is 5.71 Å². The minimum Gasteiger partial charge on any atom is -0.372 e. The molecular weight excluding hydrogens is 426 g/mol. The third kappa shape index (κ3) is 7.21. The first-order chi connectivity index (χ1) is 17.0. The SMILES string of the molecule is C=C(/C=C\C(=C/C)N(CC)CC)C(=C1C=CC(=[N+](CC)CC)C=C1)c1ccc(N(CC)CC)cc1. The number of rotatable bonds is 12. The lowest BCUT2D eigenvalue weighted by molar-refractivity contribution is -0.519. The zero-order valence-corrected chi connectivity index (χ0v) is 23.1. The van der Waals surface area contributed by atoms with Crippen molar-refractivity contribution in [1.82, 2.24) is 4.90 Å². The van der Waals surface area contributed by atoms with Crippen LogP contribution in [0.5, 0.6) is 0 Å². The van der Waals surface area contributed by atoms with E-state index in [4.69, 9.17) is 0 Å². The van der Waals surface area contributed by atoms with Gasteiger partial charge in [0.05, 0.1) is 0 Å². The second-order valence-electron chi connectivity index (χ2n) is 8.56. The fraction of sp³-hybridized carbons (Fsp3) is 0.406. The second kappa shape index (κ2) is 14.4. The van der Waals surface area contributed by atoms with Gasteiger partial charge in [-0.1, -0.05) is 30.9 Å². The van der Waals surface area contributed by atoms with Gasteiger partial charge in [-0.3, -0.25) is 0 Å². The van der Waals surface area contributed by atoms with Gasteiger partial charge in [-0.2, -0.15) is 0 Å². The largest absolute Gasteiger partial charge is 0.372 e. The first-order valence-electron chi connectivity index (χ1n) is 13.3. The highest BCUT2D eigenvalue weighted by molar-refractivity contribution is 6.04. The van der Waals surface area contributed by atoms with Crippen LogP contribution in [0.1, 0.15) is 54.0 Å². The summed E-state index contributed by atoms with van der Waals surface area (Å²) < 4.78 is 2.37. The van der Waals surface area contributed by atoms with Crippen LogP contribution in [0.2, 0.25) is 0 Å². The molecule has 0 saturated carbocycles. The average molecular weight is 473 g/mol. The highest BCUT2D eigenvalue weighted by atomic mass is 15.1. The lowest BCUT2D eigenvalue weighted by atomic mass is 9.90. The van der Waals surface area contributed by atoms with E-state index in [9.17, 15) is 0 Å². The molecule has 0 aromatic heterocycles. The van der Waals surface area contributed by atoms with Crippen LogP contribution in [0, 0.1) is 0 Å². The minimum atomic E-state index is 0.989. The van der Waals surface area contributed by atoms with Crippen molar-refractivity contribution in [1.29, 1.82) is 0 Å². The number of benzene rings is 1. The molecule has 0 saturated heterocycles. The molecule has 0 spiro atoms. The molecule has 0 radical (unpaired) electrons. The molecule has 0 aliphatic heterocycles. The van der Waals surface area contributed by atoms with E-state index in [1.54, 1.807) is 0 Å². The Morgan fingerprint density at radius 3 is 1.83 bits per heavy atom. The number of hydrogen-bond acceptors (Lipinski definition) is 2. The minimum absolute atomic E-state index is 0.989. The Morgan fingerprint density at radius 1 is 0.800 bits per heavy atom. The summed E-state index contributed by atoms with van der Waals surface area (Å²) in [5.74, 6) is 0. The van der Waals surface area contributed by atoms with E-state index in [1.807, 2.05) is 0 Å². The lowest BCUT2D eigenvalue weighted by Crippen LogP contribution is -2.21. The fourth-order valence-corrected chi connectivity index (χ4v) is 4.64. The molecule has 188 valence electrons. The number of likely N-dealkylation sites (N-methyl/N-ethyl adjacent to an activating group) is 1. The van der Waals surface area contributed by atoms with Gasteiger partial charge >= 0.3 is 0 Å². The molecule has 3 heteroatoms. The van der Waals surface area contributed by atoms with Gasteiger partial charge in [-0.25, -0.2) is 4.58 Å². The molecule has 35 heavy (non-hydrogen) atoms. The van der Waals surface area contributed by atoms with Crippen molar-refractivity contribution in [3.63, 3.8) is 0 Å². The number of nitrogens with zero attached hydrogens (tertiary/aromatic N) is 3. The van der Waals surface area contributed by atoms with Crippen LogP contribution < -0.4 is 4.90 Å². The van der Waals surface area contributed by atoms with Crippen molar-refractivity contribution >= 4 is 17.0 Å². The first kappa shape index (κ1) is 28.2. The molecule has 0 fully saturated rings. The van der Waals surface area contributed by atoms with Gasteiger partial charge in [0, 0.05) is 49.7 Å². The Hall–Kier alpha value is -3.07. The molecule has 0 bridgehead atoms. The molecule has 1 aromatic rings. The Labute approximate surface area is 214 Å². The molecule has 2 rings (SSSR count). The van der Waals surface area contributed by atoms with Gasteiger partial charge in [0.1, 0.15) is 13.1 Å². The van der Waals surface area contributed by atoms with Crippen LogP contribution in [-0.2, 0) is 0 Å². The highest BCUT2D eigenvalue weighted by Gasteiger charge is 2.15. The standard InChI is InChI=1S/C32H46N3/c1-9-29(33(10-2)11-3)21-16-26(8)32(27-17-22-30(23-18-27)34(12-4)13-5)28-19-24-31(25-20-28)35(14-6)15-7/h9,16-25H,8,10-15H2,1-7H3/q+1/b21-16-,29-9+. The van der Waals surface area contributed by atoms with Gasteiger partial charge in [-0.05, 0) is 101 Å². The summed E-state index contributed by atoms with van der Waals surface area (Å²) in [6, 6.07) is 8.94. The molecule has 0 amide bonds. The van der Waals surface area contributed by atoms with Gasteiger partial charge < -0.3 is 9.80 Å². The zero-order valence-electron chi connectivity index (χ0n) is 23.1. The Kier molecular flexibility index (Phi) is 11.6. The molecule has 0 N–H and O–H groups in total. The normalized spacial score (nSPS) is 13.5. The number of allylic oxidation sites excluding steroid dienone is 10. The van der Waals surface area contributed by atoms with Crippen LogP contribution in [0.15, 0.2) is 90.2 Å². The highest BCUT2D eigenvalue weighted by Crippen LogP contribution is 2.31. The molecule has 1 aliphatic carbocycles. The topological polar surface area (TPSA) is 9.49 Å². The summed E-state index contributed by atoms with van der Waals surface area (Å²) in [4.78, 5) is 4.74. The lowest BCUT2D eigenvalue weighted by Gasteiger charge is -2.23.